The normalized spacial score (nSPS) is 10.4. The molecule has 0 fully saturated rings. The quantitative estimate of drug-likeness (QED) is 0.911. The van der Waals surface area contributed by atoms with Gasteiger partial charge in [-0.2, -0.15) is 0 Å². The van der Waals surface area contributed by atoms with Gasteiger partial charge in [0.2, 0.25) is 0 Å². The van der Waals surface area contributed by atoms with Crippen LogP contribution in [0.2, 0.25) is 0 Å². The molecule has 0 aliphatic rings. The summed E-state index contributed by atoms with van der Waals surface area (Å²) in [5.74, 6) is 0.829. The van der Waals surface area contributed by atoms with Crippen molar-refractivity contribution in [2.75, 3.05) is 5.32 Å². The van der Waals surface area contributed by atoms with E-state index >= 15 is 0 Å². The molecule has 1 aromatic heterocycles. The number of aliphatic hydroxyl groups excluding tert-OH is 1. The van der Waals surface area contributed by atoms with Gasteiger partial charge in [-0.1, -0.05) is 24.3 Å². The van der Waals surface area contributed by atoms with Gasteiger partial charge in [0.05, 0.1) is 11.1 Å². The Morgan fingerprint density at radius 1 is 1.28 bits per heavy atom. The maximum absolute atomic E-state index is 9.08. The Balaban J connectivity index is 2.06. The Morgan fingerprint density at radius 3 is 2.78 bits per heavy atom. The zero-order chi connectivity index (χ0) is 13.0. The monoisotopic (exact) mass is 306 g/mol. The molecule has 0 spiro atoms. The highest BCUT2D eigenvalue weighted by atomic mass is 79.9. The summed E-state index contributed by atoms with van der Waals surface area (Å²) in [6, 6.07) is 9.88. The molecule has 0 aliphatic heterocycles. The third kappa shape index (κ3) is 3.31. The standard InChI is InChI=1S/C14H15BrN2O/c1-10-5-13(15)14(16-7-10)17-8-11-3-2-4-12(6-11)9-18/h2-7,18H,8-9H2,1H3,(H,16,17). The van der Waals surface area contributed by atoms with Crippen molar-refractivity contribution in [1.29, 1.82) is 0 Å². The highest BCUT2D eigenvalue weighted by Gasteiger charge is 2.01. The van der Waals surface area contributed by atoms with E-state index in [0.717, 1.165) is 27.0 Å². The summed E-state index contributed by atoms with van der Waals surface area (Å²) in [5, 5.41) is 12.3. The molecule has 2 N–H and O–H groups in total. The minimum atomic E-state index is 0.0698. The maximum atomic E-state index is 9.08. The van der Waals surface area contributed by atoms with E-state index < -0.39 is 0 Å². The van der Waals surface area contributed by atoms with Gasteiger partial charge in [0.1, 0.15) is 5.82 Å². The van der Waals surface area contributed by atoms with Crippen LogP contribution in [0.3, 0.4) is 0 Å². The van der Waals surface area contributed by atoms with Crippen LogP contribution < -0.4 is 5.32 Å². The van der Waals surface area contributed by atoms with E-state index in [-0.39, 0.29) is 6.61 Å². The molecule has 1 aromatic carbocycles. The van der Waals surface area contributed by atoms with E-state index in [0.29, 0.717) is 6.54 Å². The van der Waals surface area contributed by atoms with Gasteiger partial charge < -0.3 is 10.4 Å². The van der Waals surface area contributed by atoms with Gasteiger partial charge >= 0.3 is 0 Å². The highest BCUT2D eigenvalue weighted by molar-refractivity contribution is 9.10. The van der Waals surface area contributed by atoms with Crippen LogP contribution in [0.15, 0.2) is 41.0 Å². The van der Waals surface area contributed by atoms with Crippen molar-refractivity contribution in [3.8, 4) is 0 Å². The van der Waals surface area contributed by atoms with Gasteiger partial charge in [-0.25, -0.2) is 4.98 Å². The smallest absolute Gasteiger partial charge is 0.140 e. The molecule has 0 saturated carbocycles. The fourth-order valence-corrected chi connectivity index (χ4v) is 2.29. The van der Waals surface area contributed by atoms with E-state index in [4.69, 9.17) is 5.11 Å². The van der Waals surface area contributed by atoms with E-state index in [1.165, 1.54) is 0 Å². The Hall–Kier alpha value is -1.39. The molecule has 18 heavy (non-hydrogen) atoms. The third-order valence-corrected chi connectivity index (χ3v) is 3.22. The summed E-state index contributed by atoms with van der Waals surface area (Å²) >= 11 is 3.48. The fourth-order valence-electron chi connectivity index (χ4n) is 1.69. The van der Waals surface area contributed by atoms with Crippen LogP contribution in [-0.2, 0) is 13.2 Å². The maximum Gasteiger partial charge on any atom is 0.140 e. The number of halogens is 1. The molecule has 0 bridgehead atoms. The number of pyridine rings is 1. The second-order valence-electron chi connectivity index (χ2n) is 4.17. The first-order valence-electron chi connectivity index (χ1n) is 5.74. The second-order valence-corrected chi connectivity index (χ2v) is 5.03. The van der Waals surface area contributed by atoms with Gasteiger partial charge in [0, 0.05) is 12.7 Å². The average molecular weight is 307 g/mol. The molecule has 0 aliphatic carbocycles. The van der Waals surface area contributed by atoms with Crippen LogP contribution in [0.25, 0.3) is 0 Å². The van der Waals surface area contributed by atoms with Crippen LogP contribution in [0.1, 0.15) is 16.7 Å². The van der Waals surface area contributed by atoms with Gasteiger partial charge in [-0.05, 0) is 45.6 Å². The molecule has 0 unspecified atom stereocenters. The van der Waals surface area contributed by atoms with Crippen molar-refractivity contribution in [1.82, 2.24) is 4.98 Å². The summed E-state index contributed by atoms with van der Waals surface area (Å²) in [6.45, 7) is 2.76. The summed E-state index contributed by atoms with van der Waals surface area (Å²) < 4.78 is 0.959. The molecule has 4 heteroatoms. The minimum Gasteiger partial charge on any atom is -0.392 e. The first-order chi connectivity index (χ1) is 8.69. The third-order valence-electron chi connectivity index (χ3n) is 2.61. The van der Waals surface area contributed by atoms with E-state index in [1.54, 1.807) is 0 Å². The number of nitrogens with one attached hydrogen (secondary N) is 1. The molecule has 3 nitrogen and oxygen atoms in total. The van der Waals surface area contributed by atoms with Crippen molar-refractivity contribution < 1.29 is 5.11 Å². The Kier molecular flexibility index (Phi) is 4.33. The van der Waals surface area contributed by atoms with Gasteiger partial charge in [0.25, 0.3) is 0 Å². The lowest BCUT2D eigenvalue weighted by Gasteiger charge is -2.09. The lowest BCUT2D eigenvalue weighted by Crippen LogP contribution is -2.02. The van der Waals surface area contributed by atoms with Crippen LogP contribution in [0.4, 0.5) is 5.82 Å². The number of aryl methyl sites for hydroxylation is 1. The lowest BCUT2D eigenvalue weighted by atomic mass is 10.1. The molecule has 1 heterocycles. The second kappa shape index (κ2) is 5.98. The molecule has 0 atom stereocenters. The van der Waals surface area contributed by atoms with Crippen molar-refractivity contribution in [3.05, 3.63) is 57.7 Å². The lowest BCUT2D eigenvalue weighted by molar-refractivity contribution is 0.281. The largest absolute Gasteiger partial charge is 0.392 e. The van der Waals surface area contributed by atoms with Crippen molar-refractivity contribution in [2.24, 2.45) is 0 Å². The molecule has 2 rings (SSSR count). The van der Waals surface area contributed by atoms with Crippen molar-refractivity contribution in [3.63, 3.8) is 0 Å². The summed E-state index contributed by atoms with van der Waals surface area (Å²) in [7, 11) is 0. The molecule has 0 saturated heterocycles. The first kappa shape index (κ1) is 13.1. The number of nitrogens with zero attached hydrogens (tertiary/aromatic N) is 1. The van der Waals surface area contributed by atoms with Crippen molar-refractivity contribution in [2.45, 2.75) is 20.1 Å². The molecular weight excluding hydrogens is 292 g/mol. The number of hydrogen-bond donors (Lipinski definition) is 2. The first-order valence-corrected chi connectivity index (χ1v) is 6.53. The molecular formula is C14H15BrN2O. The molecule has 94 valence electrons. The van der Waals surface area contributed by atoms with E-state index in [2.05, 4.69) is 26.2 Å². The summed E-state index contributed by atoms with van der Waals surface area (Å²) in [5.41, 5.74) is 3.16. The van der Waals surface area contributed by atoms with Crippen LogP contribution in [-0.4, -0.2) is 10.1 Å². The van der Waals surface area contributed by atoms with Gasteiger partial charge in [-0.3, -0.25) is 0 Å². The van der Waals surface area contributed by atoms with Crippen LogP contribution in [0, 0.1) is 6.92 Å². The predicted octanol–water partition coefficient (Wildman–Crippen LogP) is 3.26. The van der Waals surface area contributed by atoms with E-state index in [9.17, 15) is 0 Å². The average Bonchev–Trinajstić information content (AvgIpc) is 2.38. The minimum absolute atomic E-state index is 0.0698. The summed E-state index contributed by atoms with van der Waals surface area (Å²) in [4.78, 5) is 4.33. The number of aromatic nitrogens is 1. The fraction of sp³-hybridized carbons (Fsp3) is 0.214. The number of aliphatic hydroxyl groups is 1. The summed E-state index contributed by atoms with van der Waals surface area (Å²) in [6.07, 6.45) is 1.83. The molecule has 2 aromatic rings. The predicted molar refractivity (Wildman–Crippen MR) is 76.4 cm³/mol. The van der Waals surface area contributed by atoms with Gasteiger partial charge in [-0.15, -0.1) is 0 Å². The number of anilines is 1. The molecule has 0 radical (unpaired) electrons. The van der Waals surface area contributed by atoms with Crippen LogP contribution in [0.5, 0.6) is 0 Å². The number of hydrogen-bond acceptors (Lipinski definition) is 3. The number of rotatable bonds is 4. The zero-order valence-electron chi connectivity index (χ0n) is 10.2. The molecule has 0 amide bonds. The van der Waals surface area contributed by atoms with Gasteiger partial charge in [0.15, 0.2) is 0 Å². The van der Waals surface area contributed by atoms with Crippen molar-refractivity contribution >= 4 is 21.7 Å². The van der Waals surface area contributed by atoms with E-state index in [1.807, 2.05) is 43.5 Å². The van der Waals surface area contributed by atoms with Crippen LogP contribution >= 0.6 is 15.9 Å². The Labute approximate surface area is 115 Å². The topological polar surface area (TPSA) is 45.2 Å². The highest BCUT2D eigenvalue weighted by Crippen LogP contribution is 2.21. The zero-order valence-corrected chi connectivity index (χ0v) is 11.7. The Bertz CT molecular complexity index is 543. The SMILES string of the molecule is Cc1cnc(NCc2cccc(CO)c2)c(Br)c1. The number of benzene rings is 1. The Morgan fingerprint density at radius 2 is 2.06 bits per heavy atom.